The molecule has 1 fully saturated rings. The maximum Gasteiger partial charge on any atom is 0.140 e. The Bertz CT molecular complexity index is 224. The van der Waals surface area contributed by atoms with Crippen molar-refractivity contribution in [3.8, 4) is 0 Å². The van der Waals surface area contributed by atoms with Crippen LogP contribution >= 0.6 is 0 Å². The molecule has 0 bridgehead atoms. The zero-order chi connectivity index (χ0) is 12.0. The van der Waals surface area contributed by atoms with Gasteiger partial charge in [-0.05, 0) is 13.0 Å². The van der Waals surface area contributed by atoms with Crippen LogP contribution in [0.3, 0.4) is 0 Å². The van der Waals surface area contributed by atoms with Crippen LogP contribution in [-0.2, 0) is 0 Å². The summed E-state index contributed by atoms with van der Waals surface area (Å²) >= 11 is 0. The summed E-state index contributed by atoms with van der Waals surface area (Å²) in [5.74, 6) is 0.338. The van der Waals surface area contributed by atoms with Crippen LogP contribution in [0.5, 0.6) is 0 Å². The lowest BCUT2D eigenvalue weighted by Crippen LogP contribution is -2.50. The molecule has 1 saturated heterocycles. The molecular weight excluding hydrogens is 204 g/mol. The Balaban J connectivity index is 2.42. The molecule has 16 heavy (non-hydrogen) atoms. The summed E-state index contributed by atoms with van der Waals surface area (Å²) in [6.45, 7) is 9.91. The smallest absolute Gasteiger partial charge is 0.140 e. The molecule has 0 aliphatic carbocycles. The van der Waals surface area contributed by atoms with Crippen LogP contribution < -0.4 is 5.73 Å². The van der Waals surface area contributed by atoms with Crippen molar-refractivity contribution in [2.24, 2.45) is 10.9 Å². The molecule has 1 rings (SSSR count). The van der Waals surface area contributed by atoms with Gasteiger partial charge in [0.15, 0.2) is 0 Å². The van der Waals surface area contributed by atoms with E-state index in [0.717, 1.165) is 39.1 Å². The largest absolute Gasteiger partial charge is 0.409 e. The lowest BCUT2D eigenvalue weighted by molar-refractivity contribution is 0.0993. The Morgan fingerprint density at radius 1 is 1.31 bits per heavy atom. The summed E-state index contributed by atoms with van der Waals surface area (Å²) in [6.07, 6.45) is 1.71. The van der Waals surface area contributed by atoms with Crippen molar-refractivity contribution in [2.75, 3.05) is 32.7 Å². The lowest BCUT2D eigenvalue weighted by atomic mass is 10.1. The Kier molecular flexibility index (Phi) is 5.55. The van der Waals surface area contributed by atoms with Gasteiger partial charge in [0.2, 0.25) is 0 Å². The lowest BCUT2D eigenvalue weighted by Gasteiger charge is -2.38. The van der Waals surface area contributed by atoms with Crippen molar-refractivity contribution in [1.29, 1.82) is 0 Å². The molecule has 5 heteroatoms. The maximum atomic E-state index is 8.59. The van der Waals surface area contributed by atoms with E-state index in [-0.39, 0.29) is 0 Å². The number of amidine groups is 1. The molecule has 1 unspecified atom stereocenters. The molecule has 1 atom stereocenters. The molecule has 0 aromatic heterocycles. The third-order valence-corrected chi connectivity index (χ3v) is 3.41. The predicted molar refractivity (Wildman–Crippen MR) is 65.8 cm³/mol. The average molecular weight is 228 g/mol. The molecule has 0 amide bonds. The number of likely N-dealkylation sites (N-methyl/N-ethyl adjacent to an activating group) is 1. The monoisotopic (exact) mass is 228 g/mol. The molecule has 1 aliphatic rings. The van der Waals surface area contributed by atoms with Crippen molar-refractivity contribution in [1.82, 2.24) is 9.80 Å². The highest BCUT2D eigenvalue weighted by Gasteiger charge is 2.22. The van der Waals surface area contributed by atoms with Gasteiger partial charge in [-0.1, -0.05) is 19.0 Å². The number of nitrogens with zero attached hydrogens (tertiary/aromatic N) is 3. The number of hydrogen-bond acceptors (Lipinski definition) is 4. The number of piperazine rings is 1. The van der Waals surface area contributed by atoms with Crippen molar-refractivity contribution >= 4 is 5.84 Å². The molecule has 5 nitrogen and oxygen atoms in total. The highest BCUT2D eigenvalue weighted by Crippen LogP contribution is 2.12. The summed E-state index contributed by atoms with van der Waals surface area (Å²) in [7, 11) is 0. The first-order valence-corrected chi connectivity index (χ1v) is 6.14. The predicted octanol–water partition coefficient (Wildman–Crippen LogP) is 0.539. The zero-order valence-corrected chi connectivity index (χ0v) is 10.4. The molecule has 0 aromatic rings. The Labute approximate surface area is 97.9 Å². The molecule has 3 N–H and O–H groups in total. The Morgan fingerprint density at radius 3 is 2.38 bits per heavy atom. The fourth-order valence-corrected chi connectivity index (χ4v) is 2.26. The van der Waals surface area contributed by atoms with Gasteiger partial charge >= 0.3 is 0 Å². The van der Waals surface area contributed by atoms with Crippen molar-refractivity contribution < 1.29 is 5.21 Å². The molecule has 0 aromatic carbocycles. The molecule has 1 aliphatic heterocycles. The van der Waals surface area contributed by atoms with E-state index in [9.17, 15) is 0 Å². The second-order valence-corrected chi connectivity index (χ2v) is 4.33. The van der Waals surface area contributed by atoms with E-state index < -0.39 is 0 Å². The van der Waals surface area contributed by atoms with Gasteiger partial charge in [0.25, 0.3) is 0 Å². The highest BCUT2D eigenvalue weighted by atomic mass is 16.4. The van der Waals surface area contributed by atoms with Crippen LogP contribution in [0.1, 0.15) is 26.7 Å². The first kappa shape index (κ1) is 13.3. The van der Waals surface area contributed by atoms with Crippen molar-refractivity contribution in [3.63, 3.8) is 0 Å². The summed E-state index contributed by atoms with van der Waals surface area (Å²) < 4.78 is 0. The molecular formula is C11H24N4O. The van der Waals surface area contributed by atoms with Gasteiger partial charge in [-0.2, -0.15) is 0 Å². The fraction of sp³-hybridized carbons (Fsp3) is 0.909. The van der Waals surface area contributed by atoms with E-state index in [2.05, 4.69) is 28.8 Å². The summed E-state index contributed by atoms with van der Waals surface area (Å²) in [5.41, 5.74) is 5.57. The van der Waals surface area contributed by atoms with E-state index in [1.807, 2.05) is 0 Å². The first-order valence-electron chi connectivity index (χ1n) is 6.14. The number of hydrogen-bond donors (Lipinski definition) is 2. The van der Waals surface area contributed by atoms with Gasteiger partial charge in [-0.15, -0.1) is 0 Å². The Morgan fingerprint density at radius 2 is 1.94 bits per heavy atom. The molecule has 0 radical (unpaired) electrons. The fourth-order valence-electron chi connectivity index (χ4n) is 2.26. The minimum Gasteiger partial charge on any atom is -0.409 e. The minimum atomic E-state index is 0.338. The van der Waals surface area contributed by atoms with E-state index in [1.165, 1.54) is 0 Å². The van der Waals surface area contributed by atoms with Crippen molar-refractivity contribution in [2.45, 2.75) is 32.7 Å². The first-order chi connectivity index (χ1) is 7.71. The highest BCUT2D eigenvalue weighted by molar-refractivity contribution is 5.80. The van der Waals surface area contributed by atoms with Gasteiger partial charge in [0.1, 0.15) is 5.84 Å². The van der Waals surface area contributed by atoms with Gasteiger partial charge in [-0.25, -0.2) is 0 Å². The van der Waals surface area contributed by atoms with Crippen LogP contribution in [0, 0.1) is 0 Å². The summed E-state index contributed by atoms with van der Waals surface area (Å²) in [6, 6.07) is 0.412. The number of rotatable bonds is 5. The van der Waals surface area contributed by atoms with Crippen LogP contribution in [0.2, 0.25) is 0 Å². The van der Waals surface area contributed by atoms with Gasteiger partial charge in [-0.3, -0.25) is 4.90 Å². The molecule has 94 valence electrons. The van der Waals surface area contributed by atoms with Crippen molar-refractivity contribution in [3.05, 3.63) is 0 Å². The van der Waals surface area contributed by atoms with Crippen LogP contribution in [0.25, 0.3) is 0 Å². The second kappa shape index (κ2) is 6.70. The number of oxime groups is 1. The topological polar surface area (TPSA) is 65.1 Å². The summed E-state index contributed by atoms with van der Waals surface area (Å²) in [4.78, 5) is 4.90. The van der Waals surface area contributed by atoms with E-state index in [4.69, 9.17) is 10.9 Å². The van der Waals surface area contributed by atoms with E-state index in [1.54, 1.807) is 0 Å². The normalized spacial score (nSPS) is 22.2. The average Bonchev–Trinajstić information content (AvgIpc) is 2.35. The van der Waals surface area contributed by atoms with Crippen LogP contribution in [-0.4, -0.2) is 59.6 Å². The van der Waals surface area contributed by atoms with Gasteiger partial charge in [0.05, 0.1) is 0 Å². The zero-order valence-electron chi connectivity index (χ0n) is 10.4. The van der Waals surface area contributed by atoms with E-state index >= 15 is 0 Å². The minimum absolute atomic E-state index is 0.338. The van der Waals surface area contributed by atoms with E-state index in [0.29, 0.717) is 18.3 Å². The number of nitrogens with two attached hydrogens (primary N) is 1. The SMILES string of the molecule is CCC(C/C(N)=N/O)N1CCN(CC)CC1. The third kappa shape index (κ3) is 3.64. The standard InChI is InChI=1S/C11H24N4O/c1-3-10(9-11(12)13-16)15-7-5-14(4-2)6-8-15/h10,16H,3-9H2,1-2H3,(H2,12,13). The second-order valence-electron chi connectivity index (χ2n) is 4.33. The van der Waals surface area contributed by atoms with Gasteiger partial charge in [0, 0.05) is 38.6 Å². The maximum absolute atomic E-state index is 8.59. The molecule has 0 saturated carbocycles. The van der Waals surface area contributed by atoms with Gasteiger partial charge < -0.3 is 15.8 Å². The molecule has 0 spiro atoms. The quantitative estimate of drug-likeness (QED) is 0.312. The Hall–Kier alpha value is -0.810. The third-order valence-electron chi connectivity index (χ3n) is 3.41. The summed E-state index contributed by atoms with van der Waals surface area (Å²) in [5, 5.41) is 11.7. The van der Waals surface area contributed by atoms with Crippen LogP contribution in [0.15, 0.2) is 5.16 Å². The van der Waals surface area contributed by atoms with Crippen LogP contribution in [0.4, 0.5) is 0 Å². The molecule has 1 heterocycles.